The fraction of sp³-hybridized carbons (Fsp3) is 0.0833. The van der Waals surface area contributed by atoms with E-state index in [1.54, 1.807) is 12.3 Å². The second-order valence-corrected chi connectivity index (χ2v) is 10.7. The highest BCUT2D eigenvalue weighted by Gasteiger charge is 2.15. The zero-order chi connectivity index (χ0) is 29.6. The van der Waals surface area contributed by atoms with Crippen LogP contribution in [0.5, 0.6) is 11.5 Å². The quantitative estimate of drug-likeness (QED) is 0.128. The van der Waals surface area contributed by atoms with Crippen LogP contribution < -0.4 is 14.9 Å². The lowest BCUT2D eigenvalue weighted by Gasteiger charge is -2.15. The number of pyridine rings is 1. The fourth-order valence-electron chi connectivity index (χ4n) is 4.98. The Morgan fingerprint density at radius 2 is 1.60 bits per heavy atom. The zero-order valence-electron chi connectivity index (χ0n) is 23.5. The molecule has 5 aromatic carbocycles. The predicted octanol–water partition coefficient (Wildman–Crippen LogP) is 8.56. The predicted molar refractivity (Wildman–Crippen MR) is 176 cm³/mol. The van der Waals surface area contributed by atoms with Gasteiger partial charge in [0.05, 0.1) is 34.1 Å². The van der Waals surface area contributed by atoms with Gasteiger partial charge in [-0.3, -0.25) is 4.79 Å². The van der Waals surface area contributed by atoms with Gasteiger partial charge in [0.15, 0.2) is 11.5 Å². The van der Waals surface area contributed by atoms with Gasteiger partial charge in [-0.15, -0.1) is 0 Å². The summed E-state index contributed by atoms with van der Waals surface area (Å²) in [4.78, 5) is 18.1. The van der Waals surface area contributed by atoms with Gasteiger partial charge in [-0.25, -0.2) is 10.4 Å². The molecule has 0 bridgehead atoms. The first-order valence-electron chi connectivity index (χ1n) is 13.9. The number of rotatable bonds is 9. The van der Waals surface area contributed by atoms with E-state index in [0.717, 1.165) is 48.5 Å². The minimum absolute atomic E-state index is 0.328. The number of amides is 1. The molecule has 0 saturated heterocycles. The molecule has 0 aliphatic heterocycles. The van der Waals surface area contributed by atoms with Crippen molar-refractivity contribution >= 4 is 49.7 Å². The van der Waals surface area contributed by atoms with E-state index in [2.05, 4.69) is 50.7 Å². The molecule has 0 fully saturated rings. The van der Waals surface area contributed by atoms with E-state index < -0.39 is 0 Å². The van der Waals surface area contributed by atoms with Crippen molar-refractivity contribution in [2.45, 2.75) is 13.5 Å². The Bertz CT molecular complexity index is 1950. The molecule has 0 saturated carbocycles. The van der Waals surface area contributed by atoms with Crippen LogP contribution in [-0.2, 0) is 6.61 Å². The number of carbonyl (C=O) groups is 1. The van der Waals surface area contributed by atoms with Gasteiger partial charge in [-0.05, 0) is 69.0 Å². The van der Waals surface area contributed by atoms with Crippen LogP contribution in [0, 0.1) is 0 Å². The van der Waals surface area contributed by atoms with Gasteiger partial charge in [-0.2, -0.15) is 5.10 Å². The van der Waals surface area contributed by atoms with E-state index in [4.69, 9.17) is 14.5 Å². The van der Waals surface area contributed by atoms with Gasteiger partial charge in [-0.1, -0.05) is 91.0 Å². The Labute approximate surface area is 258 Å². The second kappa shape index (κ2) is 12.9. The van der Waals surface area contributed by atoms with Crippen molar-refractivity contribution in [3.05, 3.63) is 136 Å². The normalized spacial score (nSPS) is 11.2. The summed E-state index contributed by atoms with van der Waals surface area (Å²) in [6.45, 7) is 2.77. The number of nitrogens with one attached hydrogen (secondary N) is 1. The third kappa shape index (κ3) is 6.27. The van der Waals surface area contributed by atoms with Crippen LogP contribution in [-0.4, -0.2) is 23.7 Å². The van der Waals surface area contributed by atoms with Crippen molar-refractivity contribution in [2.24, 2.45) is 5.10 Å². The number of benzene rings is 5. The Hall–Kier alpha value is -5.01. The Balaban J connectivity index is 1.22. The molecule has 6 nitrogen and oxygen atoms in total. The molecular weight excluding hydrogens is 602 g/mol. The molecule has 0 unspecified atom stereocenters. The number of ether oxygens (including phenoxy) is 2. The fourth-order valence-corrected chi connectivity index (χ4v) is 5.55. The van der Waals surface area contributed by atoms with Crippen molar-refractivity contribution in [1.82, 2.24) is 10.4 Å². The van der Waals surface area contributed by atoms with Crippen molar-refractivity contribution in [3.63, 3.8) is 0 Å². The van der Waals surface area contributed by atoms with Crippen molar-refractivity contribution < 1.29 is 14.3 Å². The maximum Gasteiger partial charge on any atom is 0.272 e. The molecule has 1 amide bonds. The highest BCUT2D eigenvalue weighted by atomic mass is 79.9. The molecule has 212 valence electrons. The summed E-state index contributed by atoms with van der Waals surface area (Å²) in [5.41, 5.74) is 7.39. The standard InChI is InChI=1S/C36H28BrN3O3/c1-2-42-34-20-24(19-31(37)35(34)43-23-27-15-10-14-25-11-6-7-16-28(25)27)22-38-40-36(41)30-21-33(26-12-4-3-5-13-26)39-32-18-9-8-17-29(30)32/h3-22H,2,23H2,1H3,(H,40,41)/b38-22-. The molecule has 43 heavy (non-hydrogen) atoms. The van der Waals surface area contributed by atoms with Gasteiger partial charge in [0.2, 0.25) is 0 Å². The van der Waals surface area contributed by atoms with Gasteiger partial charge < -0.3 is 9.47 Å². The number of halogens is 1. The Kier molecular flexibility index (Phi) is 8.42. The first-order valence-corrected chi connectivity index (χ1v) is 14.7. The summed E-state index contributed by atoms with van der Waals surface area (Å²) < 4.78 is 12.9. The van der Waals surface area contributed by atoms with Crippen LogP contribution in [0.4, 0.5) is 0 Å². The van der Waals surface area contributed by atoms with Crippen LogP contribution in [0.1, 0.15) is 28.4 Å². The summed E-state index contributed by atoms with van der Waals surface area (Å²) in [5.74, 6) is 0.858. The second-order valence-electron chi connectivity index (χ2n) is 9.83. The molecule has 7 heteroatoms. The lowest BCUT2D eigenvalue weighted by Crippen LogP contribution is -2.18. The summed E-state index contributed by atoms with van der Waals surface area (Å²) in [5, 5.41) is 7.33. The van der Waals surface area contributed by atoms with E-state index in [1.165, 1.54) is 0 Å². The third-order valence-corrected chi connectivity index (χ3v) is 7.58. The number of hydrogen-bond acceptors (Lipinski definition) is 5. The van der Waals surface area contributed by atoms with E-state index in [9.17, 15) is 4.79 Å². The van der Waals surface area contributed by atoms with Gasteiger partial charge in [0.1, 0.15) is 6.61 Å². The number of hydrogen-bond donors (Lipinski definition) is 1. The Morgan fingerprint density at radius 1 is 0.860 bits per heavy atom. The van der Waals surface area contributed by atoms with Gasteiger partial charge in [0, 0.05) is 10.9 Å². The molecule has 6 aromatic rings. The number of aromatic nitrogens is 1. The summed E-state index contributed by atoms with van der Waals surface area (Å²) >= 11 is 3.65. The van der Waals surface area contributed by atoms with Crippen LogP contribution in [0.3, 0.4) is 0 Å². The number of hydrazone groups is 1. The first-order chi connectivity index (χ1) is 21.1. The van der Waals surface area contributed by atoms with Gasteiger partial charge in [0.25, 0.3) is 5.91 Å². The lowest BCUT2D eigenvalue weighted by atomic mass is 10.0. The maximum absolute atomic E-state index is 13.3. The maximum atomic E-state index is 13.3. The van der Waals surface area contributed by atoms with E-state index >= 15 is 0 Å². The summed E-state index contributed by atoms with van der Waals surface area (Å²) in [6, 6.07) is 37.3. The third-order valence-electron chi connectivity index (χ3n) is 6.99. The number of fused-ring (bicyclic) bond motifs is 2. The molecule has 6 rings (SSSR count). The smallest absolute Gasteiger partial charge is 0.272 e. The van der Waals surface area contributed by atoms with E-state index in [1.807, 2.05) is 91.9 Å². The lowest BCUT2D eigenvalue weighted by molar-refractivity contribution is 0.0956. The van der Waals surface area contributed by atoms with Crippen molar-refractivity contribution in [2.75, 3.05) is 6.61 Å². The highest BCUT2D eigenvalue weighted by molar-refractivity contribution is 9.10. The molecule has 0 radical (unpaired) electrons. The molecule has 0 aliphatic carbocycles. The summed E-state index contributed by atoms with van der Waals surface area (Å²) in [7, 11) is 0. The Morgan fingerprint density at radius 3 is 2.44 bits per heavy atom. The van der Waals surface area contributed by atoms with Crippen LogP contribution in [0.25, 0.3) is 32.9 Å². The highest BCUT2D eigenvalue weighted by Crippen LogP contribution is 2.37. The molecule has 1 aromatic heterocycles. The van der Waals surface area contributed by atoms with Crippen molar-refractivity contribution in [3.8, 4) is 22.8 Å². The first kappa shape index (κ1) is 28.1. The molecule has 0 aliphatic rings. The largest absolute Gasteiger partial charge is 0.490 e. The average molecular weight is 631 g/mol. The van der Waals surface area contributed by atoms with Gasteiger partial charge >= 0.3 is 0 Å². The minimum atomic E-state index is -0.328. The molecule has 0 atom stereocenters. The van der Waals surface area contributed by atoms with Crippen LogP contribution in [0.15, 0.2) is 125 Å². The van der Waals surface area contributed by atoms with E-state index in [0.29, 0.717) is 30.3 Å². The topological polar surface area (TPSA) is 72.8 Å². The number of carbonyl (C=O) groups excluding carboxylic acids is 1. The SMILES string of the molecule is CCOc1cc(/C=N\NC(=O)c2cc(-c3ccccc3)nc3ccccc23)cc(Br)c1OCc1cccc2ccccc12. The minimum Gasteiger partial charge on any atom is -0.490 e. The number of nitrogens with zero attached hydrogens (tertiary/aromatic N) is 2. The molecule has 0 spiro atoms. The van der Waals surface area contributed by atoms with Crippen molar-refractivity contribution in [1.29, 1.82) is 0 Å². The molecule has 1 N–H and O–H groups in total. The summed E-state index contributed by atoms with van der Waals surface area (Å²) in [6.07, 6.45) is 1.58. The monoisotopic (exact) mass is 629 g/mol. The molecular formula is C36H28BrN3O3. The number of para-hydroxylation sites is 1. The molecule has 1 heterocycles. The average Bonchev–Trinajstić information content (AvgIpc) is 3.04. The van der Waals surface area contributed by atoms with E-state index in [-0.39, 0.29) is 5.91 Å². The zero-order valence-corrected chi connectivity index (χ0v) is 25.0. The van der Waals surface area contributed by atoms with Crippen LogP contribution in [0.2, 0.25) is 0 Å². The van der Waals surface area contributed by atoms with Crippen LogP contribution >= 0.6 is 15.9 Å².